The Labute approximate surface area is 118 Å². The number of rotatable bonds is 5. The molecule has 0 unspecified atom stereocenters. The largest absolute Gasteiger partial charge is 0.428 e. The Hall–Kier alpha value is -1.29. The van der Waals surface area contributed by atoms with Gasteiger partial charge in [-0.1, -0.05) is 12.1 Å². The molecule has 6 heteroatoms. The quantitative estimate of drug-likeness (QED) is 0.679. The summed E-state index contributed by atoms with van der Waals surface area (Å²) in [4.78, 5) is 0. The molecule has 0 aliphatic rings. The second kappa shape index (κ2) is 5.60. The summed E-state index contributed by atoms with van der Waals surface area (Å²) >= 11 is 0. The number of benzene rings is 1. The third-order valence-electron chi connectivity index (χ3n) is 3.17. The fourth-order valence-corrected chi connectivity index (χ4v) is 4.33. The molecule has 0 fully saturated rings. The Morgan fingerprint density at radius 1 is 1.20 bits per heavy atom. The Kier molecular flexibility index (Phi) is 4.23. The SMILES string of the molecule is CCOP(=O)(OCC)c1c(C)n(O)c2cc(C)ccc12. The Morgan fingerprint density at radius 3 is 2.35 bits per heavy atom. The number of hydrogen-bond donors (Lipinski definition) is 1. The first-order chi connectivity index (χ1) is 9.44. The van der Waals surface area contributed by atoms with Crippen molar-refractivity contribution in [1.82, 2.24) is 4.73 Å². The van der Waals surface area contributed by atoms with Gasteiger partial charge in [0.2, 0.25) is 0 Å². The molecule has 0 radical (unpaired) electrons. The van der Waals surface area contributed by atoms with E-state index < -0.39 is 7.60 Å². The number of aromatic nitrogens is 1. The molecule has 20 heavy (non-hydrogen) atoms. The maximum Gasteiger partial charge on any atom is 0.363 e. The standard InChI is InChI=1S/C14H20NO4P/c1-5-18-20(17,19-6-2)14-11(4)15(16)13-9-10(3)7-8-12(13)14/h7-9,16H,5-6H2,1-4H3. The lowest BCUT2D eigenvalue weighted by Crippen LogP contribution is -2.13. The number of fused-ring (bicyclic) bond motifs is 1. The monoisotopic (exact) mass is 297 g/mol. The van der Waals surface area contributed by atoms with Gasteiger partial charge in [-0.3, -0.25) is 4.57 Å². The molecule has 1 N–H and O–H groups in total. The van der Waals surface area contributed by atoms with Crippen LogP contribution in [-0.4, -0.2) is 23.2 Å². The van der Waals surface area contributed by atoms with E-state index in [4.69, 9.17) is 9.05 Å². The third kappa shape index (κ3) is 2.37. The molecule has 1 aromatic carbocycles. The van der Waals surface area contributed by atoms with Crippen molar-refractivity contribution in [3.8, 4) is 0 Å². The summed E-state index contributed by atoms with van der Waals surface area (Å²) in [6.45, 7) is 7.73. The molecule has 1 heterocycles. The van der Waals surface area contributed by atoms with Gasteiger partial charge in [0, 0.05) is 5.39 Å². The first-order valence-corrected chi connectivity index (χ1v) is 8.19. The van der Waals surface area contributed by atoms with Crippen LogP contribution in [-0.2, 0) is 13.6 Å². The molecule has 5 nitrogen and oxygen atoms in total. The van der Waals surface area contributed by atoms with Gasteiger partial charge in [0.15, 0.2) is 0 Å². The van der Waals surface area contributed by atoms with E-state index in [-0.39, 0.29) is 13.2 Å². The smallest absolute Gasteiger partial charge is 0.363 e. The zero-order valence-electron chi connectivity index (χ0n) is 12.2. The molecule has 0 aliphatic carbocycles. The summed E-state index contributed by atoms with van der Waals surface area (Å²) in [5, 5.41) is 11.3. The van der Waals surface area contributed by atoms with E-state index in [9.17, 15) is 9.77 Å². The molecule has 2 rings (SSSR count). The highest BCUT2D eigenvalue weighted by Crippen LogP contribution is 2.49. The molecule has 0 bridgehead atoms. The predicted octanol–water partition coefficient (Wildman–Crippen LogP) is 3.39. The van der Waals surface area contributed by atoms with Gasteiger partial charge in [0.05, 0.1) is 29.7 Å². The average molecular weight is 297 g/mol. The number of aryl methyl sites for hydroxylation is 1. The Balaban J connectivity index is 2.75. The lowest BCUT2D eigenvalue weighted by molar-refractivity contribution is 0.193. The zero-order valence-corrected chi connectivity index (χ0v) is 13.1. The predicted molar refractivity (Wildman–Crippen MR) is 79.1 cm³/mol. The fourth-order valence-electron chi connectivity index (χ4n) is 2.35. The molecule has 1 aromatic heterocycles. The van der Waals surface area contributed by atoms with Gasteiger partial charge in [-0.05, 0) is 39.3 Å². The van der Waals surface area contributed by atoms with Crippen molar-refractivity contribution in [2.75, 3.05) is 13.2 Å². The summed E-state index contributed by atoms with van der Waals surface area (Å²) in [5.41, 5.74) is 2.10. The minimum Gasteiger partial charge on any atom is -0.428 e. The molecule has 110 valence electrons. The molecule has 0 saturated carbocycles. The van der Waals surface area contributed by atoms with Crippen molar-refractivity contribution >= 4 is 23.8 Å². The summed E-state index contributed by atoms with van der Waals surface area (Å²) in [6, 6.07) is 5.59. The summed E-state index contributed by atoms with van der Waals surface area (Å²) in [6.07, 6.45) is 0. The van der Waals surface area contributed by atoms with E-state index in [0.29, 0.717) is 21.9 Å². The molecule has 0 saturated heterocycles. The Bertz CT molecular complexity index is 667. The van der Waals surface area contributed by atoms with Crippen molar-refractivity contribution in [3.05, 3.63) is 29.5 Å². The van der Waals surface area contributed by atoms with Crippen molar-refractivity contribution < 1.29 is 18.8 Å². The minimum atomic E-state index is -3.43. The van der Waals surface area contributed by atoms with E-state index in [1.165, 1.54) is 0 Å². The fraction of sp³-hybridized carbons (Fsp3) is 0.429. The normalized spacial score (nSPS) is 12.2. The second-order valence-electron chi connectivity index (χ2n) is 4.60. The van der Waals surface area contributed by atoms with Crippen molar-refractivity contribution in [1.29, 1.82) is 0 Å². The van der Waals surface area contributed by atoms with Gasteiger partial charge in [0.1, 0.15) is 0 Å². The lowest BCUT2D eigenvalue weighted by Gasteiger charge is -2.17. The molecule has 0 amide bonds. The van der Waals surface area contributed by atoms with Crippen LogP contribution in [0.4, 0.5) is 0 Å². The molecular weight excluding hydrogens is 277 g/mol. The van der Waals surface area contributed by atoms with Crippen LogP contribution in [0.1, 0.15) is 25.1 Å². The number of hydrogen-bond acceptors (Lipinski definition) is 4. The van der Waals surface area contributed by atoms with Crippen LogP contribution in [0.2, 0.25) is 0 Å². The van der Waals surface area contributed by atoms with Crippen LogP contribution in [0.25, 0.3) is 10.9 Å². The van der Waals surface area contributed by atoms with E-state index in [1.807, 2.05) is 25.1 Å². The van der Waals surface area contributed by atoms with Crippen LogP contribution in [0.15, 0.2) is 18.2 Å². The lowest BCUT2D eigenvalue weighted by atomic mass is 10.2. The minimum absolute atomic E-state index is 0.278. The number of nitrogens with zero attached hydrogens (tertiary/aromatic N) is 1. The van der Waals surface area contributed by atoms with Gasteiger partial charge in [-0.15, -0.1) is 0 Å². The molecule has 0 atom stereocenters. The maximum atomic E-state index is 13.0. The first kappa shape index (κ1) is 15.1. The molecule has 0 aliphatic heterocycles. The highest BCUT2D eigenvalue weighted by atomic mass is 31.2. The average Bonchev–Trinajstić information content (AvgIpc) is 2.63. The van der Waals surface area contributed by atoms with E-state index >= 15 is 0 Å². The zero-order chi connectivity index (χ0) is 14.9. The van der Waals surface area contributed by atoms with Crippen molar-refractivity contribution in [3.63, 3.8) is 0 Å². The van der Waals surface area contributed by atoms with Gasteiger partial charge < -0.3 is 14.3 Å². The second-order valence-corrected chi connectivity index (χ2v) is 6.56. The van der Waals surface area contributed by atoms with Crippen molar-refractivity contribution in [2.24, 2.45) is 0 Å². The highest BCUT2D eigenvalue weighted by Gasteiger charge is 2.34. The van der Waals surface area contributed by atoms with E-state index in [2.05, 4.69) is 0 Å². The van der Waals surface area contributed by atoms with Crippen LogP contribution in [0.5, 0.6) is 0 Å². The van der Waals surface area contributed by atoms with Crippen LogP contribution in [0, 0.1) is 13.8 Å². The van der Waals surface area contributed by atoms with Gasteiger partial charge in [0.25, 0.3) is 0 Å². The highest BCUT2D eigenvalue weighted by molar-refractivity contribution is 7.62. The molecular formula is C14H20NO4P. The molecule has 0 spiro atoms. The third-order valence-corrected chi connectivity index (χ3v) is 5.48. The molecule has 2 aromatic rings. The van der Waals surface area contributed by atoms with Crippen LogP contribution < -0.4 is 5.30 Å². The van der Waals surface area contributed by atoms with Crippen LogP contribution in [0.3, 0.4) is 0 Å². The van der Waals surface area contributed by atoms with Gasteiger partial charge in [-0.2, -0.15) is 4.73 Å². The maximum absolute atomic E-state index is 13.0. The summed E-state index contributed by atoms with van der Waals surface area (Å²) in [5.74, 6) is 0. The van der Waals surface area contributed by atoms with Gasteiger partial charge in [-0.25, -0.2) is 0 Å². The summed E-state index contributed by atoms with van der Waals surface area (Å²) < 4.78 is 24.8. The Morgan fingerprint density at radius 2 is 1.80 bits per heavy atom. The summed E-state index contributed by atoms with van der Waals surface area (Å²) in [7, 11) is -3.43. The topological polar surface area (TPSA) is 60.7 Å². The first-order valence-electron chi connectivity index (χ1n) is 6.65. The van der Waals surface area contributed by atoms with E-state index in [0.717, 1.165) is 10.3 Å². The van der Waals surface area contributed by atoms with Gasteiger partial charge >= 0.3 is 7.60 Å². The van der Waals surface area contributed by atoms with Crippen molar-refractivity contribution in [2.45, 2.75) is 27.7 Å². The van der Waals surface area contributed by atoms with Crippen LogP contribution >= 0.6 is 7.60 Å². The van der Waals surface area contributed by atoms with E-state index in [1.54, 1.807) is 20.8 Å².